The Bertz CT molecular complexity index is 666. The Labute approximate surface area is 123 Å². The molecule has 1 atom stereocenters. The number of hydrogen-bond donors (Lipinski definition) is 3. The smallest absolute Gasteiger partial charge is 0.250 e. The van der Waals surface area contributed by atoms with Crippen LogP contribution in [0.1, 0.15) is 22.8 Å². The Balaban J connectivity index is 2.28. The lowest BCUT2D eigenvalue weighted by Gasteiger charge is -2.24. The van der Waals surface area contributed by atoms with E-state index in [0.29, 0.717) is 11.3 Å². The number of hydrogen-bond acceptors (Lipinski definition) is 3. The van der Waals surface area contributed by atoms with Gasteiger partial charge >= 0.3 is 0 Å². The summed E-state index contributed by atoms with van der Waals surface area (Å²) in [4.78, 5) is 23.8. The molecule has 0 bridgehead atoms. The van der Waals surface area contributed by atoms with Gasteiger partial charge in [0.05, 0.1) is 11.3 Å². The molecule has 0 saturated heterocycles. The average molecular weight is 283 g/mol. The van der Waals surface area contributed by atoms with E-state index in [1.54, 1.807) is 43.3 Å². The number of rotatable bonds is 4. The third-order valence-corrected chi connectivity index (χ3v) is 3.29. The second-order valence-corrected chi connectivity index (χ2v) is 4.93. The van der Waals surface area contributed by atoms with Gasteiger partial charge in [0.25, 0.3) is 5.91 Å². The molecule has 5 nitrogen and oxygen atoms in total. The zero-order valence-electron chi connectivity index (χ0n) is 11.7. The molecular weight excluding hydrogens is 266 g/mol. The van der Waals surface area contributed by atoms with Gasteiger partial charge in [0, 0.05) is 0 Å². The number of benzene rings is 2. The van der Waals surface area contributed by atoms with E-state index in [4.69, 9.17) is 11.5 Å². The molecular formula is C16H17N3O2. The molecule has 0 aromatic heterocycles. The van der Waals surface area contributed by atoms with Crippen molar-refractivity contribution in [3.63, 3.8) is 0 Å². The van der Waals surface area contributed by atoms with Crippen LogP contribution in [0.2, 0.25) is 0 Å². The zero-order valence-corrected chi connectivity index (χ0v) is 11.7. The normalized spacial score (nSPS) is 13.2. The summed E-state index contributed by atoms with van der Waals surface area (Å²) < 4.78 is 0. The number of nitrogens with one attached hydrogen (secondary N) is 1. The third kappa shape index (κ3) is 3.09. The summed E-state index contributed by atoms with van der Waals surface area (Å²) in [6, 6.07) is 15.6. The molecule has 2 rings (SSSR count). The van der Waals surface area contributed by atoms with Crippen molar-refractivity contribution in [3.05, 3.63) is 65.7 Å². The van der Waals surface area contributed by atoms with Crippen molar-refractivity contribution >= 4 is 17.5 Å². The molecule has 0 spiro atoms. The maximum atomic E-state index is 12.4. The molecule has 0 aliphatic rings. The standard InChI is InChI=1S/C16H17N3O2/c1-16(18,11-7-3-2-4-8-11)15(21)19-13-10-6-5-9-12(13)14(17)20/h2-10H,18H2,1H3,(H2,17,20)(H,19,21). The lowest BCUT2D eigenvalue weighted by atomic mass is 9.92. The molecule has 2 amide bonds. The monoisotopic (exact) mass is 283 g/mol. The van der Waals surface area contributed by atoms with E-state index >= 15 is 0 Å². The number of anilines is 1. The molecule has 0 heterocycles. The highest BCUT2D eigenvalue weighted by Gasteiger charge is 2.30. The Kier molecular flexibility index (Phi) is 4.05. The van der Waals surface area contributed by atoms with Crippen LogP contribution in [0.4, 0.5) is 5.69 Å². The summed E-state index contributed by atoms with van der Waals surface area (Å²) in [5.41, 5.74) is 11.5. The van der Waals surface area contributed by atoms with E-state index in [-0.39, 0.29) is 5.56 Å². The van der Waals surface area contributed by atoms with Crippen molar-refractivity contribution in [1.29, 1.82) is 0 Å². The molecule has 1 unspecified atom stereocenters. The predicted molar refractivity (Wildman–Crippen MR) is 81.6 cm³/mol. The molecule has 0 radical (unpaired) electrons. The van der Waals surface area contributed by atoms with Crippen LogP contribution < -0.4 is 16.8 Å². The highest BCUT2D eigenvalue weighted by Crippen LogP contribution is 2.21. The summed E-state index contributed by atoms with van der Waals surface area (Å²) >= 11 is 0. The van der Waals surface area contributed by atoms with Crippen molar-refractivity contribution in [2.75, 3.05) is 5.32 Å². The fourth-order valence-corrected chi connectivity index (χ4v) is 1.97. The van der Waals surface area contributed by atoms with E-state index < -0.39 is 17.4 Å². The molecule has 108 valence electrons. The van der Waals surface area contributed by atoms with Crippen molar-refractivity contribution in [2.45, 2.75) is 12.5 Å². The molecule has 0 aliphatic heterocycles. The van der Waals surface area contributed by atoms with E-state index in [1.165, 1.54) is 0 Å². The van der Waals surface area contributed by atoms with E-state index in [2.05, 4.69) is 5.32 Å². The SMILES string of the molecule is CC(N)(C(=O)Nc1ccccc1C(N)=O)c1ccccc1. The minimum Gasteiger partial charge on any atom is -0.366 e. The van der Waals surface area contributed by atoms with Crippen LogP contribution in [0, 0.1) is 0 Å². The van der Waals surface area contributed by atoms with Gasteiger partial charge in [-0.1, -0.05) is 42.5 Å². The van der Waals surface area contributed by atoms with Crippen LogP contribution in [0.15, 0.2) is 54.6 Å². The van der Waals surface area contributed by atoms with Gasteiger partial charge in [0.1, 0.15) is 5.54 Å². The van der Waals surface area contributed by atoms with E-state index in [9.17, 15) is 9.59 Å². The summed E-state index contributed by atoms with van der Waals surface area (Å²) in [6.07, 6.45) is 0. The molecule has 2 aromatic rings. The third-order valence-electron chi connectivity index (χ3n) is 3.29. The second-order valence-electron chi connectivity index (χ2n) is 4.93. The maximum absolute atomic E-state index is 12.4. The molecule has 0 saturated carbocycles. The topological polar surface area (TPSA) is 98.2 Å². The molecule has 0 aliphatic carbocycles. The summed E-state index contributed by atoms with van der Waals surface area (Å²) in [6.45, 7) is 1.62. The van der Waals surface area contributed by atoms with Crippen molar-refractivity contribution in [1.82, 2.24) is 0 Å². The number of nitrogens with two attached hydrogens (primary N) is 2. The minimum absolute atomic E-state index is 0.245. The van der Waals surface area contributed by atoms with Crippen molar-refractivity contribution in [3.8, 4) is 0 Å². The molecule has 21 heavy (non-hydrogen) atoms. The van der Waals surface area contributed by atoms with Gasteiger partial charge in [-0.05, 0) is 24.6 Å². The fourth-order valence-electron chi connectivity index (χ4n) is 1.97. The number of carbonyl (C=O) groups is 2. The van der Waals surface area contributed by atoms with Gasteiger partial charge in [-0.15, -0.1) is 0 Å². The maximum Gasteiger partial charge on any atom is 0.250 e. The van der Waals surface area contributed by atoms with Crippen LogP contribution in [0.5, 0.6) is 0 Å². The summed E-state index contributed by atoms with van der Waals surface area (Å²) in [7, 11) is 0. The van der Waals surface area contributed by atoms with Crippen molar-refractivity contribution < 1.29 is 9.59 Å². The van der Waals surface area contributed by atoms with Gasteiger partial charge in [-0.2, -0.15) is 0 Å². The Morgan fingerprint density at radius 3 is 2.19 bits per heavy atom. The van der Waals surface area contributed by atoms with Gasteiger partial charge in [-0.25, -0.2) is 0 Å². The average Bonchev–Trinajstić information content (AvgIpc) is 2.48. The minimum atomic E-state index is -1.22. The van der Waals surface area contributed by atoms with Crippen LogP contribution in [-0.2, 0) is 10.3 Å². The largest absolute Gasteiger partial charge is 0.366 e. The lowest BCUT2D eigenvalue weighted by Crippen LogP contribution is -2.45. The number of amides is 2. The van der Waals surface area contributed by atoms with Gasteiger partial charge in [0.2, 0.25) is 5.91 Å². The Morgan fingerprint density at radius 2 is 1.57 bits per heavy atom. The second kappa shape index (κ2) is 5.76. The van der Waals surface area contributed by atoms with Gasteiger partial charge in [-0.3, -0.25) is 9.59 Å². The van der Waals surface area contributed by atoms with Crippen LogP contribution in [-0.4, -0.2) is 11.8 Å². The van der Waals surface area contributed by atoms with Crippen molar-refractivity contribution in [2.24, 2.45) is 11.5 Å². The number of para-hydroxylation sites is 1. The molecule has 2 aromatic carbocycles. The summed E-state index contributed by atoms with van der Waals surface area (Å²) in [5, 5.41) is 2.67. The van der Waals surface area contributed by atoms with Crippen LogP contribution in [0.3, 0.4) is 0 Å². The first-order valence-corrected chi connectivity index (χ1v) is 6.47. The van der Waals surface area contributed by atoms with Crippen LogP contribution >= 0.6 is 0 Å². The van der Waals surface area contributed by atoms with Crippen LogP contribution in [0.25, 0.3) is 0 Å². The highest BCUT2D eigenvalue weighted by molar-refractivity contribution is 6.05. The zero-order chi connectivity index (χ0) is 15.5. The number of primary amides is 1. The first-order chi connectivity index (χ1) is 9.93. The molecule has 5 heteroatoms. The number of carbonyl (C=O) groups excluding carboxylic acids is 2. The Hall–Kier alpha value is -2.66. The van der Waals surface area contributed by atoms with Gasteiger partial charge < -0.3 is 16.8 Å². The van der Waals surface area contributed by atoms with E-state index in [0.717, 1.165) is 0 Å². The Morgan fingerprint density at radius 1 is 1.00 bits per heavy atom. The predicted octanol–water partition coefficient (Wildman–Crippen LogP) is 1.60. The highest BCUT2D eigenvalue weighted by atomic mass is 16.2. The quantitative estimate of drug-likeness (QED) is 0.794. The van der Waals surface area contributed by atoms with E-state index in [1.807, 2.05) is 18.2 Å². The van der Waals surface area contributed by atoms with Gasteiger partial charge in [0.15, 0.2) is 0 Å². The first kappa shape index (κ1) is 14.7. The fraction of sp³-hybridized carbons (Fsp3) is 0.125. The lowest BCUT2D eigenvalue weighted by molar-refractivity contribution is -0.120. The molecule has 5 N–H and O–H groups in total. The molecule has 0 fully saturated rings. The summed E-state index contributed by atoms with van der Waals surface area (Å²) in [5.74, 6) is -1.02. The first-order valence-electron chi connectivity index (χ1n) is 6.47.